The van der Waals surface area contributed by atoms with Gasteiger partial charge in [0.2, 0.25) is 5.91 Å². The summed E-state index contributed by atoms with van der Waals surface area (Å²) in [4.78, 5) is 12.6. The number of amides is 1. The molecule has 1 aliphatic carbocycles. The van der Waals surface area contributed by atoms with Gasteiger partial charge in [-0.15, -0.1) is 10.2 Å². The molecule has 2 unspecified atom stereocenters. The molecule has 1 amide bonds. The van der Waals surface area contributed by atoms with Gasteiger partial charge in [0.15, 0.2) is 11.0 Å². The second-order valence-electron chi connectivity index (χ2n) is 8.92. The zero-order valence-corrected chi connectivity index (χ0v) is 21.3. The minimum Gasteiger partial charge on any atom is -0.485 e. The van der Waals surface area contributed by atoms with E-state index >= 15 is 0 Å². The van der Waals surface area contributed by atoms with E-state index in [1.54, 1.807) is 7.11 Å². The number of hydrogen-bond donors (Lipinski definition) is 1. The van der Waals surface area contributed by atoms with Crippen LogP contribution < -0.4 is 10.1 Å². The molecule has 4 rings (SSSR count). The third kappa shape index (κ3) is 6.86. The van der Waals surface area contributed by atoms with Crippen LogP contribution in [-0.4, -0.2) is 46.2 Å². The molecule has 2 atom stereocenters. The number of carbonyl (C=O) groups is 1. The lowest BCUT2D eigenvalue weighted by Crippen LogP contribution is -2.41. The first-order chi connectivity index (χ1) is 17.2. The van der Waals surface area contributed by atoms with E-state index < -0.39 is 0 Å². The van der Waals surface area contributed by atoms with E-state index in [0.29, 0.717) is 35.8 Å². The molecule has 1 fully saturated rings. The van der Waals surface area contributed by atoms with Crippen LogP contribution in [-0.2, 0) is 22.7 Å². The lowest BCUT2D eigenvalue weighted by Gasteiger charge is -2.29. The van der Waals surface area contributed by atoms with Crippen molar-refractivity contribution in [1.82, 2.24) is 20.1 Å². The molecule has 0 aliphatic heterocycles. The minimum absolute atomic E-state index is 0.0460. The van der Waals surface area contributed by atoms with Crippen LogP contribution in [0.25, 0.3) is 11.1 Å². The molecule has 3 aromatic rings. The van der Waals surface area contributed by atoms with Crippen molar-refractivity contribution < 1.29 is 14.3 Å². The highest BCUT2D eigenvalue weighted by Gasteiger charge is 2.23. The third-order valence-corrected chi connectivity index (χ3v) is 7.40. The van der Waals surface area contributed by atoms with Crippen molar-refractivity contribution in [2.45, 2.75) is 57.0 Å². The average Bonchev–Trinajstić information content (AvgIpc) is 3.28. The Morgan fingerprint density at radius 1 is 1.09 bits per heavy atom. The number of aromatic nitrogens is 3. The molecule has 7 nitrogen and oxygen atoms in total. The normalized spacial score (nSPS) is 17.8. The second-order valence-corrected chi connectivity index (χ2v) is 9.86. The minimum atomic E-state index is 0.0460. The van der Waals surface area contributed by atoms with Crippen molar-refractivity contribution >= 4 is 17.7 Å². The monoisotopic (exact) mass is 494 g/mol. The lowest BCUT2D eigenvalue weighted by molar-refractivity contribution is -0.119. The predicted molar refractivity (Wildman–Crippen MR) is 138 cm³/mol. The molecule has 1 heterocycles. The largest absolute Gasteiger partial charge is 0.485 e. The van der Waals surface area contributed by atoms with Crippen molar-refractivity contribution in [3.05, 3.63) is 60.4 Å². The fourth-order valence-corrected chi connectivity index (χ4v) is 5.23. The molecule has 1 aromatic heterocycles. The number of nitrogens with zero attached hydrogens (tertiary/aromatic N) is 3. The van der Waals surface area contributed by atoms with Crippen LogP contribution in [0.15, 0.2) is 59.8 Å². The molecule has 8 heteroatoms. The maximum atomic E-state index is 12.6. The summed E-state index contributed by atoms with van der Waals surface area (Å²) >= 11 is 1.40. The Balaban J connectivity index is 1.41. The number of para-hydroxylation sites is 1. The van der Waals surface area contributed by atoms with E-state index in [1.165, 1.54) is 31.0 Å². The van der Waals surface area contributed by atoms with E-state index in [0.717, 1.165) is 23.3 Å². The van der Waals surface area contributed by atoms with Crippen molar-refractivity contribution in [1.29, 1.82) is 0 Å². The number of ether oxygens (including phenoxy) is 2. The van der Waals surface area contributed by atoms with Gasteiger partial charge in [-0.25, -0.2) is 0 Å². The van der Waals surface area contributed by atoms with Gasteiger partial charge in [0.05, 0.1) is 12.4 Å². The molecule has 35 heavy (non-hydrogen) atoms. The van der Waals surface area contributed by atoms with Crippen LogP contribution in [0.3, 0.4) is 0 Å². The highest BCUT2D eigenvalue weighted by Crippen LogP contribution is 2.30. The highest BCUT2D eigenvalue weighted by molar-refractivity contribution is 7.99. The first kappa shape index (κ1) is 25.3. The number of carbonyl (C=O) groups excluding carboxylic acids is 1. The second kappa shape index (κ2) is 12.7. The van der Waals surface area contributed by atoms with Crippen molar-refractivity contribution in [3.8, 4) is 16.9 Å². The Hall–Kier alpha value is -2.84. The van der Waals surface area contributed by atoms with Crippen molar-refractivity contribution in [2.24, 2.45) is 5.92 Å². The third-order valence-electron chi connectivity index (χ3n) is 6.43. The van der Waals surface area contributed by atoms with Crippen LogP contribution in [0, 0.1) is 5.92 Å². The molecule has 1 saturated carbocycles. The molecule has 1 aliphatic rings. The standard InChI is InChI=1S/C27H34N4O3S/c1-20-10-6-8-14-23(20)28-26(32)19-35-27-30-29-25(31(27)16-17-33-2)18-34-24-15-9-7-13-22(24)21-11-4-3-5-12-21/h3-5,7,9,11-13,15,20,23H,6,8,10,14,16-19H2,1-2H3,(H,28,32). The van der Waals surface area contributed by atoms with E-state index in [4.69, 9.17) is 9.47 Å². The van der Waals surface area contributed by atoms with E-state index in [2.05, 4.69) is 34.6 Å². The number of hydrogen-bond acceptors (Lipinski definition) is 6. The van der Waals surface area contributed by atoms with Gasteiger partial charge in [0.1, 0.15) is 12.4 Å². The summed E-state index contributed by atoms with van der Waals surface area (Å²) in [5.74, 6) is 2.38. The summed E-state index contributed by atoms with van der Waals surface area (Å²) in [6, 6.07) is 18.4. The summed E-state index contributed by atoms with van der Waals surface area (Å²) in [7, 11) is 1.67. The SMILES string of the molecule is COCCn1c(COc2ccccc2-c2ccccc2)nnc1SCC(=O)NC1CCCCC1C. The van der Waals surface area contributed by atoms with Gasteiger partial charge in [-0.3, -0.25) is 4.79 Å². The predicted octanol–water partition coefficient (Wildman–Crippen LogP) is 4.96. The smallest absolute Gasteiger partial charge is 0.230 e. The fraction of sp³-hybridized carbons (Fsp3) is 0.444. The molecule has 0 bridgehead atoms. The Kier molecular flexibility index (Phi) is 9.20. The molecule has 186 valence electrons. The summed E-state index contributed by atoms with van der Waals surface area (Å²) in [5, 5.41) is 12.6. The summed E-state index contributed by atoms with van der Waals surface area (Å²) < 4.78 is 13.5. The topological polar surface area (TPSA) is 78.3 Å². The molecular formula is C27H34N4O3S. The molecular weight excluding hydrogens is 460 g/mol. The quantitative estimate of drug-likeness (QED) is 0.380. The Morgan fingerprint density at radius 2 is 1.86 bits per heavy atom. The van der Waals surface area contributed by atoms with Gasteiger partial charge in [-0.05, 0) is 30.4 Å². The maximum Gasteiger partial charge on any atom is 0.230 e. The number of nitrogens with one attached hydrogen (secondary N) is 1. The highest BCUT2D eigenvalue weighted by atomic mass is 32.2. The van der Waals surface area contributed by atoms with Crippen LogP contribution in [0.5, 0.6) is 5.75 Å². The van der Waals surface area contributed by atoms with Gasteiger partial charge in [-0.1, -0.05) is 80.1 Å². The Bertz CT molecular complexity index is 1090. The van der Waals surface area contributed by atoms with Crippen molar-refractivity contribution in [3.63, 3.8) is 0 Å². The molecule has 1 N–H and O–H groups in total. The van der Waals surface area contributed by atoms with Gasteiger partial charge in [0, 0.05) is 25.3 Å². The van der Waals surface area contributed by atoms with Crippen LogP contribution in [0.4, 0.5) is 0 Å². The van der Waals surface area contributed by atoms with Crippen molar-refractivity contribution in [2.75, 3.05) is 19.5 Å². The molecule has 0 saturated heterocycles. The number of methoxy groups -OCH3 is 1. The van der Waals surface area contributed by atoms with Gasteiger partial charge in [0.25, 0.3) is 0 Å². The molecule has 0 spiro atoms. The van der Waals surface area contributed by atoms with Crippen LogP contribution in [0.1, 0.15) is 38.4 Å². The van der Waals surface area contributed by atoms with E-state index in [-0.39, 0.29) is 18.6 Å². The van der Waals surface area contributed by atoms with E-state index in [1.807, 2.05) is 47.0 Å². The fourth-order valence-electron chi connectivity index (χ4n) is 4.44. The summed E-state index contributed by atoms with van der Waals surface area (Å²) in [5.41, 5.74) is 2.12. The van der Waals surface area contributed by atoms with E-state index in [9.17, 15) is 4.79 Å². The number of rotatable bonds is 11. The van der Waals surface area contributed by atoms with Gasteiger partial charge >= 0.3 is 0 Å². The molecule has 2 aromatic carbocycles. The Morgan fingerprint density at radius 3 is 2.66 bits per heavy atom. The van der Waals surface area contributed by atoms with Gasteiger partial charge in [-0.2, -0.15) is 0 Å². The van der Waals surface area contributed by atoms with Crippen LogP contribution >= 0.6 is 11.8 Å². The number of benzene rings is 2. The first-order valence-corrected chi connectivity index (χ1v) is 13.2. The maximum absolute atomic E-state index is 12.6. The first-order valence-electron chi connectivity index (χ1n) is 12.3. The van der Waals surface area contributed by atoms with Crippen LogP contribution in [0.2, 0.25) is 0 Å². The zero-order valence-electron chi connectivity index (χ0n) is 20.5. The lowest BCUT2D eigenvalue weighted by atomic mass is 9.86. The summed E-state index contributed by atoms with van der Waals surface area (Å²) in [6.07, 6.45) is 4.68. The van der Waals surface area contributed by atoms with Gasteiger partial charge < -0.3 is 19.4 Å². The molecule has 0 radical (unpaired) electrons. The average molecular weight is 495 g/mol. The Labute approximate surface area is 211 Å². The zero-order chi connectivity index (χ0) is 24.5. The number of thioether (sulfide) groups is 1. The summed E-state index contributed by atoms with van der Waals surface area (Å²) in [6.45, 7) is 3.60.